The summed E-state index contributed by atoms with van der Waals surface area (Å²) < 4.78 is 20.5. The van der Waals surface area contributed by atoms with Gasteiger partial charge in [-0.25, -0.2) is 14.2 Å². The number of aryl methyl sites for hydroxylation is 1. The van der Waals surface area contributed by atoms with E-state index in [0.717, 1.165) is 5.69 Å². The number of carbonyl (C=O) groups excluding carboxylic acids is 1. The minimum atomic E-state index is -0.623. The lowest BCUT2D eigenvalue weighted by Crippen LogP contribution is -2.07. The van der Waals surface area contributed by atoms with Crippen LogP contribution < -0.4 is 0 Å². The summed E-state index contributed by atoms with van der Waals surface area (Å²) >= 11 is 5.89. The van der Waals surface area contributed by atoms with Crippen LogP contribution in [0.2, 0.25) is 5.02 Å². The van der Waals surface area contributed by atoms with E-state index in [-0.39, 0.29) is 22.9 Å². The molecule has 0 aliphatic rings. The molecule has 3 rings (SSSR count). The monoisotopic (exact) mass is 318 g/mol. The van der Waals surface area contributed by atoms with E-state index in [4.69, 9.17) is 16.3 Å². The Morgan fingerprint density at radius 2 is 2.09 bits per heavy atom. The highest BCUT2D eigenvalue weighted by Crippen LogP contribution is 2.20. The number of hydrogen-bond donors (Lipinski definition) is 0. The van der Waals surface area contributed by atoms with Gasteiger partial charge in [-0.15, -0.1) is 0 Å². The van der Waals surface area contributed by atoms with Gasteiger partial charge >= 0.3 is 5.97 Å². The first-order chi connectivity index (χ1) is 10.6. The summed E-state index contributed by atoms with van der Waals surface area (Å²) in [6, 6.07) is 9.85. The second-order valence-electron chi connectivity index (χ2n) is 4.80. The van der Waals surface area contributed by atoms with Crippen LogP contribution in [0.5, 0.6) is 0 Å². The summed E-state index contributed by atoms with van der Waals surface area (Å²) in [5.74, 6) is -1.13. The number of fused-ring (bicyclic) bond motifs is 1. The van der Waals surface area contributed by atoms with Gasteiger partial charge in [0.1, 0.15) is 18.1 Å². The first-order valence-corrected chi connectivity index (χ1v) is 6.99. The Balaban J connectivity index is 1.80. The zero-order valence-electron chi connectivity index (χ0n) is 11.7. The fourth-order valence-electron chi connectivity index (χ4n) is 2.13. The Kier molecular flexibility index (Phi) is 3.81. The van der Waals surface area contributed by atoms with Crippen LogP contribution in [-0.2, 0) is 11.3 Å². The van der Waals surface area contributed by atoms with E-state index >= 15 is 0 Å². The van der Waals surface area contributed by atoms with Crippen molar-refractivity contribution in [2.75, 3.05) is 0 Å². The molecule has 0 atom stereocenters. The Hall–Kier alpha value is -2.40. The molecule has 1 aromatic carbocycles. The average Bonchev–Trinajstić information content (AvgIpc) is 2.92. The van der Waals surface area contributed by atoms with Crippen molar-refractivity contribution in [3.8, 4) is 0 Å². The van der Waals surface area contributed by atoms with Crippen LogP contribution in [0.1, 0.15) is 21.7 Å². The Morgan fingerprint density at radius 1 is 1.32 bits per heavy atom. The minimum absolute atomic E-state index is 0.150. The maximum absolute atomic E-state index is 13.6. The van der Waals surface area contributed by atoms with Crippen LogP contribution in [0.4, 0.5) is 4.39 Å². The third kappa shape index (κ3) is 2.67. The van der Waals surface area contributed by atoms with Crippen molar-refractivity contribution in [3.63, 3.8) is 0 Å². The van der Waals surface area contributed by atoms with Crippen molar-refractivity contribution in [1.29, 1.82) is 0 Å². The molecule has 3 aromatic rings. The van der Waals surface area contributed by atoms with Gasteiger partial charge in [-0.05, 0) is 31.2 Å². The first-order valence-electron chi connectivity index (χ1n) is 6.61. The highest BCUT2D eigenvalue weighted by molar-refractivity contribution is 6.31. The first kappa shape index (κ1) is 14.5. The zero-order valence-corrected chi connectivity index (χ0v) is 12.5. The fourth-order valence-corrected chi connectivity index (χ4v) is 2.35. The van der Waals surface area contributed by atoms with E-state index in [1.54, 1.807) is 22.7 Å². The summed E-state index contributed by atoms with van der Waals surface area (Å²) in [5, 5.41) is 0.221. The van der Waals surface area contributed by atoms with Gasteiger partial charge in [0.2, 0.25) is 0 Å². The number of carbonyl (C=O) groups is 1. The smallest absolute Gasteiger partial charge is 0.358 e. The standard InChI is InChI=1S/C16H12ClFN2O2/c1-10-4-2-7-15-19-14(8-20(10)15)16(21)22-9-11-12(17)5-3-6-13(11)18/h2-8H,9H2,1H3. The highest BCUT2D eigenvalue weighted by atomic mass is 35.5. The molecule has 22 heavy (non-hydrogen) atoms. The molecule has 0 saturated carbocycles. The fraction of sp³-hybridized carbons (Fsp3) is 0.125. The van der Waals surface area contributed by atoms with Gasteiger partial charge in [0.15, 0.2) is 5.69 Å². The second kappa shape index (κ2) is 5.77. The molecule has 0 fully saturated rings. The van der Waals surface area contributed by atoms with Gasteiger partial charge in [0.05, 0.1) is 5.02 Å². The zero-order chi connectivity index (χ0) is 15.7. The molecule has 2 aromatic heterocycles. The Morgan fingerprint density at radius 3 is 2.82 bits per heavy atom. The molecule has 0 unspecified atom stereocenters. The SMILES string of the molecule is Cc1cccc2nc(C(=O)OCc3c(F)cccc3Cl)cn12. The minimum Gasteiger partial charge on any atom is -0.456 e. The number of hydrogen-bond acceptors (Lipinski definition) is 3. The van der Waals surface area contributed by atoms with Crippen molar-refractivity contribution >= 4 is 23.2 Å². The van der Waals surface area contributed by atoms with Crippen LogP contribution in [0.25, 0.3) is 5.65 Å². The molecule has 0 amide bonds. The van der Waals surface area contributed by atoms with Gasteiger partial charge in [0, 0.05) is 17.5 Å². The van der Waals surface area contributed by atoms with E-state index in [1.165, 1.54) is 12.1 Å². The normalized spacial score (nSPS) is 10.9. The molecular formula is C16H12ClFN2O2. The quantitative estimate of drug-likeness (QED) is 0.690. The Labute approximate surface area is 131 Å². The summed E-state index contributed by atoms with van der Waals surface area (Å²) in [4.78, 5) is 16.3. The third-order valence-electron chi connectivity index (χ3n) is 3.31. The number of aromatic nitrogens is 2. The molecule has 0 saturated heterocycles. The number of pyridine rings is 1. The number of imidazole rings is 1. The van der Waals surface area contributed by atoms with Crippen LogP contribution in [0.3, 0.4) is 0 Å². The van der Waals surface area contributed by atoms with Crippen molar-refractivity contribution in [3.05, 3.63) is 70.4 Å². The van der Waals surface area contributed by atoms with Gasteiger partial charge in [-0.3, -0.25) is 0 Å². The summed E-state index contributed by atoms with van der Waals surface area (Å²) in [7, 11) is 0. The lowest BCUT2D eigenvalue weighted by Gasteiger charge is -2.06. The van der Waals surface area contributed by atoms with Crippen LogP contribution >= 0.6 is 11.6 Å². The van der Waals surface area contributed by atoms with E-state index in [0.29, 0.717) is 5.65 Å². The number of benzene rings is 1. The van der Waals surface area contributed by atoms with Crippen molar-refractivity contribution in [2.24, 2.45) is 0 Å². The molecule has 0 N–H and O–H groups in total. The number of rotatable bonds is 3. The number of halogens is 2. The van der Waals surface area contributed by atoms with E-state index in [9.17, 15) is 9.18 Å². The molecular weight excluding hydrogens is 307 g/mol. The summed E-state index contributed by atoms with van der Waals surface area (Å²) in [5.41, 5.74) is 1.91. The van der Waals surface area contributed by atoms with Gasteiger partial charge in [-0.1, -0.05) is 23.7 Å². The maximum Gasteiger partial charge on any atom is 0.358 e. The van der Waals surface area contributed by atoms with Crippen LogP contribution in [0.15, 0.2) is 42.6 Å². The lowest BCUT2D eigenvalue weighted by molar-refractivity contribution is 0.0463. The molecule has 0 spiro atoms. The lowest BCUT2D eigenvalue weighted by atomic mass is 10.2. The van der Waals surface area contributed by atoms with E-state index in [1.807, 2.05) is 19.1 Å². The maximum atomic E-state index is 13.6. The molecule has 112 valence electrons. The number of ether oxygens (including phenoxy) is 1. The average molecular weight is 319 g/mol. The molecule has 4 nitrogen and oxygen atoms in total. The Bertz CT molecular complexity index is 840. The molecule has 0 radical (unpaired) electrons. The molecule has 0 bridgehead atoms. The highest BCUT2D eigenvalue weighted by Gasteiger charge is 2.15. The third-order valence-corrected chi connectivity index (χ3v) is 3.67. The second-order valence-corrected chi connectivity index (χ2v) is 5.21. The van der Waals surface area contributed by atoms with Crippen molar-refractivity contribution < 1.29 is 13.9 Å². The molecule has 6 heteroatoms. The van der Waals surface area contributed by atoms with Crippen molar-refractivity contribution in [1.82, 2.24) is 9.38 Å². The van der Waals surface area contributed by atoms with Gasteiger partial charge in [-0.2, -0.15) is 0 Å². The van der Waals surface area contributed by atoms with E-state index in [2.05, 4.69) is 4.98 Å². The van der Waals surface area contributed by atoms with E-state index < -0.39 is 11.8 Å². The van der Waals surface area contributed by atoms with Crippen LogP contribution in [0, 0.1) is 12.7 Å². The molecule has 2 heterocycles. The predicted octanol–water partition coefficient (Wildman–Crippen LogP) is 3.79. The van der Waals surface area contributed by atoms with Gasteiger partial charge in [0.25, 0.3) is 0 Å². The molecule has 0 aliphatic heterocycles. The van der Waals surface area contributed by atoms with Crippen LogP contribution in [-0.4, -0.2) is 15.4 Å². The largest absolute Gasteiger partial charge is 0.456 e. The number of esters is 1. The van der Waals surface area contributed by atoms with Gasteiger partial charge < -0.3 is 9.14 Å². The predicted molar refractivity (Wildman–Crippen MR) is 80.5 cm³/mol. The molecule has 0 aliphatic carbocycles. The number of nitrogens with zero attached hydrogens (tertiary/aromatic N) is 2. The van der Waals surface area contributed by atoms with Crippen molar-refractivity contribution in [2.45, 2.75) is 13.5 Å². The summed E-state index contributed by atoms with van der Waals surface area (Å²) in [6.45, 7) is 1.67. The topological polar surface area (TPSA) is 43.6 Å². The summed E-state index contributed by atoms with van der Waals surface area (Å²) in [6.07, 6.45) is 1.59.